The number of hydrogen-bond donors (Lipinski definition) is 3. The summed E-state index contributed by atoms with van der Waals surface area (Å²) >= 11 is 6.48. The van der Waals surface area contributed by atoms with Crippen LogP contribution in [0.4, 0.5) is 0 Å². The molecule has 29 heavy (non-hydrogen) atoms. The average molecular weight is 421 g/mol. The second-order valence-electron chi connectivity index (χ2n) is 7.84. The van der Waals surface area contributed by atoms with Crippen LogP contribution >= 0.6 is 11.6 Å². The molecule has 2 rings (SSSR count). The molecule has 1 saturated carbocycles. The van der Waals surface area contributed by atoms with Gasteiger partial charge in [-0.1, -0.05) is 43.4 Å². The van der Waals surface area contributed by atoms with E-state index in [1.807, 2.05) is 19.1 Å². The Bertz CT molecular complexity index is 713. The highest BCUT2D eigenvalue weighted by molar-refractivity contribution is 6.21. The highest BCUT2D eigenvalue weighted by Crippen LogP contribution is 2.39. The SMILES string of the molecule is CCc1cc(CC/C=C/[C@@H]2[C@@H](C/C=C\CCCC(=O)O)[C@H](Cl)C[C@H]2O)ccc1O. The van der Waals surface area contributed by atoms with Crippen molar-refractivity contribution in [3.8, 4) is 5.75 Å². The summed E-state index contributed by atoms with van der Waals surface area (Å²) in [4.78, 5) is 10.5. The van der Waals surface area contributed by atoms with E-state index in [0.717, 1.165) is 37.7 Å². The first-order chi connectivity index (χ1) is 13.9. The quantitative estimate of drug-likeness (QED) is 0.259. The number of aromatic hydroxyl groups is 1. The van der Waals surface area contributed by atoms with Crippen molar-refractivity contribution < 1.29 is 20.1 Å². The van der Waals surface area contributed by atoms with Crippen LogP contribution in [-0.2, 0) is 17.6 Å². The summed E-state index contributed by atoms with van der Waals surface area (Å²) in [6, 6.07) is 5.77. The summed E-state index contributed by atoms with van der Waals surface area (Å²) in [6.45, 7) is 2.03. The molecule has 0 spiro atoms. The first-order valence-electron chi connectivity index (χ1n) is 10.6. The van der Waals surface area contributed by atoms with Gasteiger partial charge in [0.1, 0.15) is 5.75 Å². The number of carbonyl (C=O) groups is 1. The first kappa shape index (κ1) is 23.5. The van der Waals surface area contributed by atoms with E-state index in [1.165, 1.54) is 5.56 Å². The molecule has 3 N–H and O–H groups in total. The summed E-state index contributed by atoms with van der Waals surface area (Å²) in [5, 5.41) is 28.8. The van der Waals surface area contributed by atoms with Crippen LogP contribution in [0.25, 0.3) is 0 Å². The summed E-state index contributed by atoms with van der Waals surface area (Å²) in [5.41, 5.74) is 2.17. The number of benzene rings is 1. The lowest BCUT2D eigenvalue weighted by atomic mass is 9.90. The number of alkyl halides is 1. The zero-order valence-electron chi connectivity index (χ0n) is 17.1. The second kappa shape index (κ2) is 12.0. The molecule has 5 heteroatoms. The van der Waals surface area contributed by atoms with E-state index in [1.54, 1.807) is 6.07 Å². The molecule has 1 fully saturated rings. The maximum absolute atomic E-state index is 10.5. The van der Waals surface area contributed by atoms with E-state index in [2.05, 4.69) is 24.3 Å². The maximum atomic E-state index is 10.5. The van der Waals surface area contributed by atoms with Gasteiger partial charge in [-0.25, -0.2) is 0 Å². The molecule has 1 aliphatic rings. The molecule has 1 aromatic rings. The number of carboxylic acids is 1. The van der Waals surface area contributed by atoms with Gasteiger partial charge in [0.25, 0.3) is 0 Å². The van der Waals surface area contributed by atoms with E-state index in [-0.39, 0.29) is 23.6 Å². The Balaban J connectivity index is 1.84. The highest BCUT2D eigenvalue weighted by atomic mass is 35.5. The van der Waals surface area contributed by atoms with Crippen LogP contribution in [-0.4, -0.2) is 32.8 Å². The number of carboxylic acid groups (broad SMARTS) is 1. The Morgan fingerprint density at radius 2 is 2.03 bits per heavy atom. The van der Waals surface area contributed by atoms with Crippen LogP contribution in [0.2, 0.25) is 0 Å². The van der Waals surface area contributed by atoms with Crippen molar-refractivity contribution in [1.29, 1.82) is 0 Å². The Kier molecular flexibility index (Phi) is 9.75. The molecular formula is C24H33ClO4. The van der Waals surface area contributed by atoms with E-state index in [0.29, 0.717) is 18.6 Å². The van der Waals surface area contributed by atoms with Gasteiger partial charge in [-0.2, -0.15) is 0 Å². The molecule has 0 aliphatic heterocycles. The first-order valence-corrected chi connectivity index (χ1v) is 11.0. The number of allylic oxidation sites excluding steroid dienone is 3. The average Bonchev–Trinajstić information content (AvgIpc) is 2.95. The molecule has 0 radical (unpaired) electrons. The number of halogens is 1. The van der Waals surface area contributed by atoms with Crippen molar-refractivity contribution in [2.45, 2.75) is 69.8 Å². The minimum Gasteiger partial charge on any atom is -0.508 e. The maximum Gasteiger partial charge on any atom is 0.303 e. The molecule has 1 aromatic carbocycles. The number of aryl methyl sites for hydroxylation is 2. The number of unbranched alkanes of at least 4 members (excludes halogenated alkanes) is 1. The van der Waals surface area contributed by atoms with Gasteiger partial charge in [-0.05, 0) is 68.1 Å². The van der Waals surface area contributed by atoms with Crippen LogP contribution in [0.1, 0.15) is 56.6 Å². The van der Waals surface area contributed by atoms with Gasteiger partial charge in [-0.15, -0.1) is 11.6 Å². The lowest BCUT2D eigenvalue weighted by Gasteiger charge is -2.19. The van der Waals surface area contributed by atoms with Crippen molar-refractivity contribution in [2.24, 2.45) is 11.8 Å². The predicted molar refractivity (Wildman–Crippen MR) is 117 cm³/mol. The molecule has 0 aromatic heterocycles. The third-order valence-corrected chi connectivity index (χ3v) is 6.19. The van der Waals surface area contributed by atoms with Crippen LogP contribution in [0.5, 0.6) is 5.75 Å². The van der Waals surface area contributed by atoms with Crippen molar-refractivity contribution in [3.63, 3.8) is 0 Å². The van der Waals surface area contributed by atoms with Gasteiger partial charge in [0.15, 0.2) is 0 Å². The Labute approximate surface area is 178 Å². The zero-order chi connectivity index (χ0) is 21.2. The molecule has 0 unspecified atom stereocenters. The van der Waals surface area contributed by atoms with Crippen LogP contribution in [0, 0.1) is 11.8 Å². The fourth-order valence-electron chi connectivity index (χ4n) is 3.99. The fourth-order valence-corrected chi connectivity index (χ4v) is 4.44. The molecule has 0 heterocycles. The summed E-state index contributed by atoms with van der Waals surface area (Å²) in [7, 11) is 0. The minimum atomic E-state index is -0.762. The van der Waals surface area contributed by atoms with Crippen LogP contribution in [0.3, 0.4) is 0 Å². The molecule has 4 atom stereocenters. The molecule has 0 bridgehead atoms. The summed E-state index contributed by atoms with van der Waals surface area (Å²) in [6.07, 6.45) is 13.5. The number of aliphatic carboxylic acids is 1. The molecule has 0 saturated heterocycles. The van der Waals surface area contributed by atoms with E-state index in [9.17, 15) is 15.0 Å². The van der Waals surface area contributed by atoms with Gasteiger partial charge < -0.3 is 15.3 Å². The van der Waals surface area contributed by atoms with Gasteiger partial charge in [0.2, 0.25) is 0 Å². The molecular weight excluding hydrogens is 388 g/mol. The van der Waals surface area contributed by atoms with Gasteiger partial charge >= 0.3 is 5.97 Å². The van der Waals surface area contributed by atoms with Crippen LogP contribution < -0.4 is 0 Å². The monoisotopic (exact) mass is 420 g/mol. The topological polar surface area (TPSA) is 77.8 Å². The molecule has 0 amide bonds. The van der Waals surface area contributed by atoms with Crippen molar-refractivity contribution in [2.75, 3.05) is 0 Å². The van der Waals surface area contributed by atoms with Crippen molar-refractivity contribution >= 4 is 17.6 Å². The highest BCUT2D eigenvalue weighted by Gasteiger charge is 2.39. The van der Waals surface area contributed by atoms with Crippen molar-refractivity contribution in [1.82, 2.24) is 0 Å². The largest absolute Gasteiger partial charge is 0.508 e. The number of rotatable bonds is 11. The number of aliphatic hydroxyl groups excluding tert-OH is 1. The standard InChI is InChI=1S/C24H33ClO4/c1-2-18-15-17(13-14-22(18)26)9-7-8-11-20-19(21(25)16-23(20)27)10-5-3-4-6-12-24(28)29/h3,5,8,11,13-15,19-21,23,26-27H,2,4,6-7,9-10,12,16H2,1H3,(H,28,29)/b5-3-,11-8+/t19-,20-,21-,23-/m1/s1. The van der Waals surface area contributed by atoms with Crippen LogP contribution in [0.15, 0.2) is 42.5 Å². The van der Waals surface area contributed by atoms with Gasteiger partial charge in [0, 0.05) is 17.7 Å². The number of hydrogen-bond acceptors (Lipinski definition) is 3. The van der Waals surface area contributed by atoms with Crippen molar-refractivity contribution in [3.05, 3.63) is 53.6 Å². The van der Waals surface area contributed by atoms with E-state index in [4.69, 9.17) is 16.7 Å². The molecule has 4 nitrogen and oxygen atoms in total. The van der Waals surface area contributed by atoms with Gasteiger partial charge in [-0.3, -0.25) is 4.79 Å². The third kappa shape index (κ3) is 7.52. The number of aliphatic hydroxyl groups is 1. The number of phenols is 1. The molecule has 1 aliphatic carbocycles. The minimum absolute atomic E-state index is 0.0483. The fraction of sp³-hybridized carbons (Fsp3) is 0.542. The number of phenolic OH excluding ortho intramolecular Hbond substituents is 1. The van der Waals surface area contributed by atoms with Gasteiger partial charge in [0.05, 0.1) is 6.10 Å². The normalized spacial score (nSPS) is 24.7. The third-order valence-electron chi connectivity index (χ3n) is 5.69. The Morgan fingerprint density at radius 1 is 1.24 bits per heavy atom. The Morgan fingerprint density at radius 3 is 2.76 bits per heavy atom. The predicted octanol–water partition coefficient (Wildman–Crippen LogP) is 5.25. The summed E-state index contributed by atoms with van der Waals surface area (Å²) in [5.74, 6) is -0.166. The second-order valence-corrected chi connectivity index (χ2v) is 8.40. The molecule has 160 valence electrons. The Hall–Kier alpha value is -1.78. The lowest BCUT2D eigenvalue weighted by molar-refractivity contribution is -0.137. The van der Waals surface area contributed by atoms with E-state index >= 15 is 0 Å². The summed E-state index contributed by atoms with van der Waals surface area (Å²) < 4.78 is 0. The van der Waals surface area contributed by atoms with E-state index < -0.39 is 12.1 Å². The lowest BCUT2D eigenvalue weighted by Crippen LogP contribution is -2.18. The smallest absolute Gasteiger partial charge is 0.303 e. The zero-order valence-corrected chi connectivity index (χ0v) is 17.9.